The van der Waals surface area contributed by atoms with E-state index in [0.717, 1.165) is 18.6 Å². The number of nitrogens with one attached hydrogen (secondary N) is 1. The molecule has 8 heteroatoms. The van der Waals surface area contributed by atoms with E-state index in [2.05, 4.69) is 5.32 Å². The Hall–Kier alpha value is -1.83. The number of benzene rings is 1. The lowest BCUT2D eigenvalue weighted by Gasteiger charge is -2.30. The Bertz CT molecular complexity index is 875. The summed E-state index contributed by atoms with van der Waals surface area (Å²) in [5.41, 5.74) is 0.670. The Labute approximate surface area is 170 Å². The van der Waals surface area contributed by atoms with Crippen LogP contribution in [0.5, 0.6) is 0 Å². The fraction of sp³-hybridized carbons (Fsp3) is 0.450. The molecule has 0 spiro atoms. The van der Waals surface area contributed by atoms with Crippen molar-refractivity contribution in [1.29, 1.82) is 0 Å². The van der Waals surface area contributed by atoms with Gasteiger partial charge >= 0.3 is 0 Å². The lowest BCUT2D eigenvalue weighted by molar-refractivity contribution is -0.126. The molecule has 1 aromatic heterocycles. The van der Waals surface area contributed by atoms with Gasteiger partial charge in [-0.3, -0.25) is 4.79 Å². The maximum atomic E-state index is 12.6. The molecule has 0 aliphatic carbocycles. The Morgan fingerprint density at radius 2 is 2.00 bits per heavy atom. The molecule has 1 aliphatic rings. The van der Waals surface area contributed by atoms with Crippen LogP contribution in [0.4, 0.5) is 0 Å². The molecule has 2 aromatic rings. The quantitative estimate of drug-likeness (QED) is 0.660. The number of nitrogens with zero attached hydrogens (tertiary/aromatic N) is 1. The van der Waals surface area contributed by atoms with E-state index in [1.54, 1.807) is 30.5 Å². The third kappa shape index (κ3) is 5.83. The van der Waals surface area contributed by atoms with Gasteiger partial charge in [0.15, 0.2) is 0 Å². The van der Waals surface area contributed by atoms with Gasteiger partial charge in [0.2, 0.25) is 15.9 Å². The predicted octanol–water partition coefficient (Wildman–Crippen LogP) is 3.22. The van der Waals surface area contributed by atoms with E-state index in [0.29, 0.717) is 43.1 Å². The van der Waals surface area contributed by atoms with Crippen molar-refractivity contribution in [3.05, 3.63) is 59.0 Å². The minimum absolute atomic E-state index is 0.00586. The standard InChI is InChI=1S/C20H25ClN2O4S/c21-18-5-1-4-16(14-18)15-28(25,26)23-11-8-17(9-12-23)20(24)22-10-2-6-19-7-3-13-27-19/h1,3-5,7,13-14,17H,2,6,8-12,15H2,(H,22,24). The van der Waals surface area contributed by atoms with E-state index in [-0.39, 0.29) is 17.6 Å². The van der Waals surface area contributed by atoms with E-state index in [1.165, 1.54) is 4.31 Å². The van der Waals surface area contributed by atoms with Gasteiger partial charge in [-0.25, -0.2) is 12.7 Å². The van der Waals surface area contributed by atoms with Crippen LogP contribution < -0.4 is 5.32 Å². The summed E-state index contributed by atoms with van der Waals surface area (Å²) in [6.07, 6.45) is 4.32. The fourth-order valence-corrected chi connectivity index (χ4v) is 5.16. The molecule has 1 fully saturated rings. The molecule has 1 saturated heterocycles. The Morgan fingerprint density at radius 3 is 2.68 bits per heavy atom. The van der Waals surface area contributed by atoms with E-state index >= 15 is 0 Å². The summed E-state index contributed by atoms with van der Waals surface area (Å²) >= 11 is 5.94. The van der Waals surface area contributed by atoms with Crippen LogP contribution in [0.15, 0.2) is 47.1 Å². The van der Waals surface area contributed by atoms with Crippen molar-refractivity contribution in [2.24, 2.45) is 5.92 Å². The molecule has 0 radical (unpaired) electrons. The minimum Gasteiger partial charge on any atom is -0.469 e. The average Bonchev–Trinajstić information content (AvgIpc) is 3.18. The number of amides is 1. The summed E-state index contributed by atoms with van der Waals surface area (Å²) in [4.78, 5) is 12.3. The fourth-order valence-electron chi connectivity index (χ4n) is 3.40. The van der Waals surface area contributed by atoms with Crippen LogP contribution in [0.2, 0.25) is 5.02 Å². The van der Waals surface area contributed by atoms with Crippen LogP contribution in [-0.2, 0) is 27.0 Å². The number of sulfonamides is 1. The number of furan rings is 1. The number of carbonyl (C=O) groups excluding carboxylic acids is 1. The van der Waals surface area contributed by atoms with Gasteiger partial charge in [0.25, 0.3) is 0 Å². The van der Waals surface area contributed by atoms with Gasteiger partial charge in [-0.1, -0.05) is 23.7 Å². The molecular weight excluding hydrogens is 400 g/mol. The molecule has 28 heavy (non-hydrogen) atoms. The van der Waals surface area contributed by atoms with Crippen molar-refractivity contribution in [1.82, 2.24) is 9.62 Å². The SMILES string of the molecule is O=C(NCCCc1ccco1)C1CCN(S(=O)(=O)Cc2cccc(Cl)c2)CC1. The molecule has 1 aliphatic heterocycles. The van der Waals surface area contributed by atoms with Crippen molar-refractivity contribution in [3.8, 4) is 0 Å². The highest BCUT2D eigenvalue weighted by Gasteiger charge is 2.31. The molecule has 0 bridgehead atoms. The number of carbonyl (C=O) groups is 1. The van der Waals surface area contributed by atoms with Gasteiger partial charge in [-0.05, 0) is 49.1 Å². The van der Waals surface area contributed by atoms with E-state index in [9.17, 15) is 13.2 Å². The number of piperidine rings is 1. The third-order valence-corrected chi connectivity index (χ3v) is 7.02. The molecule has 1 aromatic carbocycles. The summed E-state index contributed by atoms with van der Waals surface area (Å²) in [5.74, 6) is 0.706. The van der Waals surface area contributed by atoms with Gasteiger partial charge in [-0.2, -0.15) is 0 Å². The first-order valence-electron chi connectivity index (χ1n) is 9.46. The van der Waals surface area contributed by atoms with Crippen LogP contribution in [-0.4, -0.2) is 38.3 Å². The van der Waals surface area contributed by atoms with Gasteiger partial charge in [0.1, 0.15) is 5.76 Å². The van der Waals surface area contributed by atoms with Crippen molar-refractivity contribution in [2.75, 3.05) is 19.6 Å². The normalized spacial score (nSPS) is 16.2. The molecule has 2 heterocycles. The van der Waals surface area contributed by atoms with Crippen molar-refractivity contribution >= 4 is 27.5 Å². The summed E-state index contributed by atoms with van der Waals surface area (Å²) in [7, 11) is -3.42. The second-order valence-corrected chi connectivity index (χ2v) is 9.44. The van der Waals surface area contributed by atoms with Crippen LogP contribution in [0, 0.1) is 5.92 Å². The van der Waals surface area contributed by atoms with Crippen molar-refractivity contribution < 1.29 is 17.6 Å². The van der Waals surface area contributed by atoms with Gasteiger partial charge in [-0.15, -0.1) is 0 Å². The Kier molecular flexibility index (Phi) is 7.15. The number of aryl methyl sites for hydroxylation is 1. The molecular formula is C20H25ClN2O4S. The van der Waals surface area contributed by atoms with Crippen LogP contribution in [0.3, 0.4) is 0 Å². The first-order valence-corrected chi connectivity index (χ1v) is 11.4. The summed E-state index contributed by atoms with van der Waals surface area (Å²) in [6, 6.07) is 10.7. The molecule has 152 valence electrons. The number of rotatable bonds is 8. The highest BCUT2D eigenvalue weighted by molar-refractivity contribution is 7.88. The lowest BCUT2D eigenvalue weighted by Crippen LogP contribution is -2.43. The highest BCUT2D eigenvalue weighted by atomic mass is 35.5. The second kappa shape index (κ2) is 9.58. The van der Waals surface area contributed by atoms with Crippen molar-refractivity contribution in [2.45, 2.75) is 31.4 Å². The molecule has 3 rings (SSSR count). The van der Waals surface area contributed by atoms with Crippen molar-refractivity contribution in [3.63, 3.8) is 0 Å². The topological polar surface area (TPSA) is 79.6 Å². The molecule has 0 atom stereocenters. The smallest absolute Gasteiger partial charge is 0.223 e. The van der Waals surface area contributed by atoms with Crippen LogP contribution in [0.25, 0.3) is 0 Å². The van der Waals surface area contributed by atoms with Gasteiger partial charge < -0.3 is 9.73 Å². The van der Waals surface area contributed by atoms with Gasteiger partial charge in [0.05, 0.1) is 12.0 Å². The summed E-state index contributed by atoms with van der Waals surface area (Å²) in [6.45, 7) is 1.33. The zero-order valence-electron chi connectivity index (χ0n) is 15.6. The average molecular weight is 425 g/mol. The zero-order chi connectivity index (χ0) is 20.0. The van der Waals surface area contributed by atoms with Crippen LogP contribution in [0.1, 0.15) is 30.6 Å². The lowest BCUT2D eigenvalue weighted by atomic mass is 9.97. The predicted molar refractivity (Wildman–Crippen MR) is 108 cm³/mol. The highest BCUT2D eigenvalue weighted by Crippen LogP contribution is 2.22. The zero-order valence-corrected chi connectivity index (χ0v) is 17.2. The molecule has 1 N–H and O–H groups in total. The van der Waals surface area contributed by atoms with E-state index in [4.69, 9.17) is 16.0 Å². The summed E-state index contributed by atoms with van der Waals surface area (Å²) < 4.78 is 32.0. The maximum Gasteiger partial charge on any atom is 0.223 e. The number of halogens is 1. The Balaban J connectivity index is 1.42. The first kappa shape index (κ1) is 20.9. The number of hydrogen-bond acceptors (Lipinski definition) is 4. The largest absolute Gasteiger partial charge is 0.469 e. The second-order valence-electron chi connectivity index (χ2n) is 7.03. The first-order chi connectivity index (χ1) is 13.4. The minimum atomic E-state index is -3.42. The maximum absolute atomic E-state index is 12.6. The Morgan fingerprint density at radius 1 is 1.21 bits per heavy atom. The van der Waals surface area contributed by atoms with E-state index < -0.39 is 10.0 Å². The molecule has 6 nitrogen and oxygen atoms in total. The molecule has 1 amide bonds. The third-order valence-electron chi connectivity index (χ3n) is 4.94. The van der Waals surface area contributed by atoms with Gasteiger partial charge in [0, 0.05) is 37.0 Å². The monoisotopic (exact) mass is 424 g/mol. The number of hydrogen-bond donors (Lipinski definition) is 1. The molecule has 0 saturated carbocycles. The summed E-state index contributed by atoms with van der Waals surface area (Å²) in [5, 5.41) is 3.47. The van der Waals surface area contributed by atoms with E-state index in [1.807, 2.05) is 12.1 Å². The van der Waals surface area contributed by atoms with Crippen LogP contribution >= 0.6 is 11.6 Å². The molecule has 0 unspecified atom stereocenters.